The number of anilines is 1. The summed E-state index contributed by atoms with van der Waals surface area (Å²) in [4.78, 5) is 0. The molecule has 0 amide bonds. The molecule has 1 aromatic carbocycles. The Morgan fingerprint density at radius 2 is 2.06 bits per heavy atom. The van der Waals surface area contributed by atoms with Crippen LogP contribution in [-0.2, 0) is 6.42 Å². The van der Waals surface area contributed by atoms with Gasteiger partial charge in [0.25, 0.3) is 0 Å². The second kappa shape index (κ2) is 5.78. The number of rotatable bonds is 2. The lowest BCUT2D eigenvalue weighted by molar-refractivity contribution is 0.110. The lowest BCUT2D eigenvalue weighted by Crippen LogP contribution is -2.42. The second-order valence-electron chi connectivity index (χ2n) is 4.98. The van der Waals surface area contributed by atoms with Crippen LogP contribution in [0.3, 0.4) is 0 Å². The van der Waals surface area contributed by atoms with Crippen molar-refractivity contribution in [3.63, 3.8) is 0 Å². The molecular formula is C13H21ClN2O2. The first kappa shape index (κ1) is 15.1. The quantitative estimate of drug-likeness (QED) is 0.489. The molecule has 0 aromatic heterocycles. The highest BCUT2D eigenvalue weighted by Gasteiger charge is 2.29. The summed E-state index contributed by atoms with van der Waals surface area (Å²) in [6.07, 6.45) is 1.07. The van der Waals surface area contributed by atoms with Crippen LogP contribution in [0.5, 0.6) is 5.75 Å². The molecule has 2 rings (SSSR count). The topological polar surface area (TPSA) is 78.5 Å². The average molecular weight is 273 g/mol. The summed E-state index contributed by atoms with van der Waals surface area (Å²) in [7, 11) is 0. The number of phenols is 1. The number of hydrogen-bond donors (Lipinski definition) is 4. The molecule has 1 aliphatic rings. The molecule has 102 valence electrons. The molecule has 0 aliphatic heterocycles. The van der Waals surface area contributed by atoms with Gasteiger partial charge in [-0.3, -0.25) is 0 Å². The van der Waals surface area contributed by atoms with E-state index >= 15 is 0 Å². The number of benzene rings is 1. The van der Waals surface area contributed by atoms with Crippen LogP contribution in [0, 0.1) is 0 Å². The van der Waals surface area contributed by atoms with Crippen molar-refractivity contribution in [1.82, 2.24) is 5.32 Å². The van der Waals surface area contributed by atoms with Gasteiger partial charge >= 0.3 is 0 Å². The number of halogens is 1. The zero-order valence-electron chi connectivity index (χ0n) is 10.7. The Morgan fingerprint density at radius 3 is 2.67 bits per heavy atom. The van der Waals surface area contributed by atoms with Crippen LogP contribution in [0.4, 0.5) is 5.69 Å². The first-order valence-electron chi connectivity index (χ1n) is 6.05. The molecule has 0 unspecified atom stereocenters. The van der Waals surface area contributed by atoms with Gasteiger partial charge in [0.2, 0.25) is 0 Å². The molecule has 5 N–H and O–H groups in total. The predicted molar refractivity (Wildman–Crippen MR) is 75.1 cm³/mol. The summed E-state index contributed by atoms with van der Waals surface area (Å²) in [5, 5.41) is 23.2. The summed E-state index contributed by atoms with van der Waals surface area (Å²) in [6, 6.07) is 3.71. The maximum absolute atomic E-state index is 10.3. The number of nitrogens with one attached hydrogen (secondary N) is 1. The molecule has 2 atom stereocenters. The van der Waals surface area contributed by atoms with E-state index in [1.54, 1.807) is 12.1 Å². The maximum Gasteiger partial charge on any atom is 0.138 e. The second-order valence-corrected chi connectivity index (χ2v) is 4.98. The van der Waals surface area contributed by atoms with Gasteiger partial charge in [-0.1, -0.05) is 19.9 Å². The molecule has 1 aliphatic carbocycles. The first-order valence-corrected chi connectivity index (χ1v) is 6.05. The van der Waals surface area contributed by atoms with E-state index in [2.05, 4.69) is 19.2 Å². The van der Waals surface area contributed by atoms with Gasteiger partial charge in [-0.2, -0.15) is 0 Å². The van der Waals surface area contributed by atoms with Crippen LogP contribution >= 0.6 is 12.4 Å². The van der Waals surface area contributed by atoms with E-state index in [1.165, 1.54) is 0 Å². The van der Waals surface area contributed by atoms with Gasteiger partial charge in [0.15, 0.2) is 0 Å². The minimum Gasteiger partial charge on any atom is -0.506 e. The first-order chi connectivity index (χ1) is 8.00. The minimum atomic E-state index is -0.552. The predicted octanol–water partition coefficient (Wildman–Crippen LogP) is 1.74. The van der Waals surface area contributed by atoms with Gasteiger partial charge in [0, 0.05) is 12.1 Å². The van der Waals surface area contributed by atoms with E-state index in [-0.39, 0.29) is 24.2 Å². The Labute approximate surface area is 114 Å². The lowest BCUT2D eigenvalue weighted by Gasteiger charge is -2.33. The standard InChI is InChI=1S/C13H20N2O2.ClH/c1-7(2)15-10-5-3-8-9(13(10)17)4-6-11(16)12(8)14;/h4,6-7,10,13,15-17H,3,5,14H2,1-2H3;1H/t10-,13-;/m0./s1. The third kappa shape index (κ3) is 2.71. The monoisotopic (exact) mass is 272 g/mol. The van der Waals surface area contributed by atoms with Crippen LogP contribution in [-0.4, -0.2) is 22.3 Å². The summed E-state index contributed by atoms with van der Waals surface area (Å²) in [5.74, 6) is 0.103. The maximum atomic E-state index is 10.3. The van der Waals surface area contributed by atoms with Crippen molar-refractivity contribution in [2.45, 2.75) is 44.9 Å². The summed E-state index contributed by atoms with van der Waals surface area (Å²) < 4.78 is 0. The molecule has 0 radical (unpaired) electrons. The Balaban J connectivity index is 0.00000162. The van der Waals surface area contributed by atoms with Crippen molar-refractivity contribution in [2.75, 3.05) is 5.73 Å². The third-order valence-corrected chi connectivity index (χ3v) is 3.32. The molecule has 18 heavy (non-hydrogen) atoms. The Morgan fingerprint density at radius 1 is 1.39 bits per heavy atom. The number of phenolic OH excluding ortho intramolecular Hbond substituents is 1. The SMILES string of the molecule is CC(C)N[C@H]1CCc2c(ccc(O)c2N)[C@@H]1O.Cl. The fourth-order valence-corrected chi connectivity index (χ4v) is 2.50. The largest absolute Gasteiger partial charge is 0.506 e. The van der Waals surface area contributed by atoms with E-state index < -0.39 is 6.10 Å². The third-order valence-electron chi connectivity index (χ3n) is 3.32. The molecule has 0 saturated carbocycles. The molecule has 0 fully saturated rings. The van der Waals surface area contributed by atoms with Gasteiger partial charge in [0.1, 0.15) is 5.75 Å². The van der Waals surface area contributed by atoms with E-state index in [1.807, 2.05) is 0 Å². The van der Waals surface area contributed by atoms with Crippen molar-refractivity contribution >= 4 is 18.1 Å². The van der Waals surface area contributed by atoms with E-state index in [4.69, 9.17) is 5.73 Å². The van der Waals surface area contributed by atoms with Gasteiger partial charge in [-0.15, -0.1) is 12.4 Å². The zero-order chi connectivity index (χ0) is 12.6. The number of aliphatic hydroxyl groups is 1. The number of nitrogen functional groups attached to an aromatic ring is 1. The molecule has 0 saturated heterocycles. The average Bonchev–Trinajstić information content (AvgIpc) is 2.27. The fourth-order valence-electron chi connectivity index (χ4n) is 2.50. The number of fused-ring (bicyclic) bond motifs is 1. The highest BCUT2D eigenvalue weighted by atomic mass is 35.5. The highest BCUT2D eigenvalue weighted by molar-refractivity contribution is 5.85. The van der Waals surface area contributed by atoms with E-state index in [0.29, 0.717) is 11.7 Å². The van der Waals surface area contributed by atoms with Crippen molar-refractivity contribution in [3.05, 3.63) is 23.3 Å². The van der Waals surface area contributed by atoms with Gasteiger partial charge < -0.3 is 21.3 Å². The van der Waals surface area contributed by atoms with Gasteiger partial charge in [-0.25, -0.2) is 0 Å². The Bertz CT molecular complexity index is 424. The molecule has 1 aromatic rings. The summed E-state index contributed by atoms with van der Waals surface area (Å²) in [6.45, 7) is 4.13. The van der Waals surface area contributed by atoms with Crippen molar-refractivity contribution in [1.29, 1.82) is 0 Å². The molecule has 4 nitrogen and oxygen atoms in total. The smallest absolute Gasteiger partial charge is 0.138 e. The van der Waals surface area contributed by atoms with Gasteiger partial charge in [-0.05, 0) is 30.0 Å². The molecule has 5 heteroatoms. The summed E-state index contributed by atoms with van der Waals surface area (Å²) >= 11 is 0. The van der Waals surface area contributed by atoms with Crippen molar-refractivity contribution in [3.8, 4) is 5.75 Å². The highest BCUT2D eigenvalue weighted by Crippen LogP contribution is 2.37. The number of aromatic hydroxyl groups is 1. The summed E-state index contributed by atoms with van der Waals surface area (Å²) in [5.41, 5.74) is 7.96. The van der Waals surface area contributed by atoms with Crippen LogP contribution in [0.2, 0.25) is 0 Å². The van der Waals surface area contributed by atoms with E-state index in [0.717, 1.165) is 24.0 Å². The molecule has 0 spiro atoms. The molecule has 0 heterocycles. The zero-order valence-corrected chi connectivity index (χ0v) is 11.5. The van der Waals surface area contributed by atoms with Gasteiger partial charge in [0.05, 0.1) is 11.8 Å². The van der Waals surface area contributed by atoms with Crippen LogP contribution in [0.15, 0.2) is 12.1 Å². The fraction of sp³-hybridized carbons (Fsp3) is 0.538. The van der Waals surface area contributed by atoms with Crippen LogP contribution < -0.4 is 11.1 Å². The normalized spacial score (nSPS) is 22.4. The van der Waals surface area contributed by atoms with Crippen LogP contribution in [0.25, 0.3) is 0 Å². The minimum absolute atomic E-state index is 0. The lowest BCUT2D eigenvalue weighted by atomic mass is 9.84. The Hall–Kier alpha value is -0.970. The number of aliphatic hydroxyl groups excluding tert-OH is 1. The number of nitrogens with two attached hydrogens (primary N) is 1. The number of hydrogen-bond acceptors (Lipinski definition) is 4. The molecule has 0 bridgehead atoms. The van der Waals surface area contributed by atoms with E-state index in [9.17, 15) is 10.2 Å². The Kier molecular flexibility index (Phi) is 4.85. The van der Waals surface area contributed by atoms with Crippen molar-refractivity contribution in [2.24, 2.45) is 0 Å². The van der Waals surface area contributed by atoms with Crippen LogP contribution in [0.1, 0.15) is 37.5 Å². The van der Waals surface area contributed by atoms with Crippen molar-refractivity contribution < 1.29 is 10.2 Å². The molecular weight excluding hydrogens is 252 g/mol.